The summed E-state index contributed by atoms with van der Waals surface area (Å²) < 4.78 is 29.1. The standard InChI is InChI=1S/C21H17BrCl2N2O3S/c22-16-8-4-5-9-18(16)25-21(27)19(12-14-6-2-1-3-7-14)26-30(28,29)20-13-15(23)10-11-17(20)24/h1-11,13,19,26H,12H2,(H,25,27)/t19-/m0/s1. The van der Waals surface area contributed by atoms with E-state index in [4.69, 9.17) is 23.2 Å². The molecule has 0 aliphatic heterocycles. The van der Waals surface area contributed by atoms with Crippen molar-refractivity contribution in [3.8, 4) is 0 Å². The van der Waals surface area contributed by atoms with E-state index in [1.165, 1.54) is 18.2 Å². The molecule has 0 saturated heterocycles. The molecule has 5 nitrogen and oxygen atoms in total. The molecule has 0 fully saturated rings. The Kier molecular flexibility index (Phi) is 7.55. The lowest BCUT2D eigenvalue weighted by Crippen LogP contribution is -2.45. The summed E-state index contributed by atoms with van der Waals surface area (Å²) in [6, 6.07) is 19.2. The third-order valence-corrected chi connectivity index (χ3v) is 7.09. The number of rotatable bonds is 7. The van der Waals surface area contributed by atoms with Gasteiger partial charge in [-0.3, -0.25) is 4.79 Å². The summed E-state index contributed by atoms with van der Waals surface area (Å²) in [6.45, 7) is 0. The first kappa shape index (κ1) is 22.8. The Bertz CT molecular complexity index is 1160. The van der Waals surface area contributed by atoms with E-state index >= 15 is 0 Å². The molecule has 0 unspecified atom stereocenters. The van der Waals surface area contributed by atoms with Crippen LogP contribution in [0.5, 0.6) is 0 Å². The van der Waals surface area contributed by atoms with Crippen LogP contribution in [0.2, 0.25) is 10.0 Å². The van der Waals surface area contributed by atoms with Gasteiger partial charge >= 0.3 is 0 Å². The van der Waals surface area contributed by atoms with Crippen molar-refractivity contribution in [3.63, 3.8) is 0 Å². The van der Waals surface area contributed by atoms with E-state index in [0.717, 1.165) is 5.56 Å². The molecule has 0 aromatic heterocycles. The maximum absolute atomic E-state index is 13.0. The predicted molar refractivity (Wildman–Crippen MR) is 123 cm³/mol. The van der Waals surface area contributed by atoms with Crippen molar-refractivity contribution in [2.45, 2.75) is 17.4 Å². The van der Waals surface area contributed by atoms with E-state index in [9.17, 15) is 13.2 Å². The monoisotopic (exact) mass is 526 g/mol. The third-order valence-electron chi connectivity index (χ3n) is 4.21. The summed E-state index contributed by atoms with van der Waals surface area (Å²) in [5.74, 6) is -0.507. The molecule has 1 atom stereocenters. The fourth-order valence-electron chi connectivity index (χ4n) is 2.75. The summed E-state index contributed by atoms with van der Waals surface area (Å²) in [6.07, 6.45) is 0.147. The fraction of sp³-hybridized carbons (Fsp3) is 0.0952. The molecule has 0 heterocycles. The third kappa shape index (κ3) is 5.83. The first-order valence-electron chi connectivity index (χ1n) is 8.83. The Balaban J connectivity index is 1.91. The molecule has 30 heavy (non-hydrogen) atoms. The number of carbonyl (C=O) groups excluding carboxylic acids is 1. The number of hydrogen-bond donors (Lipinski definition) is 2. The van der Waals surface area contributed by atoms with Crippen LogP contribution in [0.4, 0.5) is 5.69 Å². The molecule has 0 saturated carbocycles. The minimum absolute atomic E-state index is 0.0107. The summed E-state index contributed by atoms with van der Waals surface area (Å²) in [7, 11) is -4.12. The van der Waals surface area contributed by atoms with E-state index in [2.05, 4.69) is 26.0 Å². The van der Waals surface area contributed by atoms with Crippen molar-refractivity contribution < 1.29 is 13.2 Å². The van der Waals surface area contributed by atoms with Crippen LogP contribution < -0.4 is 10.0 Å². The molecular weight excluding hydrogens is 511 g/mol. The second kappa shape index (κ2) is 9.94. The summed E-state index contributed by atoms with van der Waals surface area (Å²) in [5, 5.41) is 2.99. The van der Waals surface area contributed by atoms with Gasteiger partial charge in [0.1, 0.15) is 10.9 Å². The van der Waals surface area contributed by atoms with Gasteiger partial charge in [-0.05, 0) is 58.2 Å². The molecule has 1 amide bonds. The SMILES string of the molecule is O=C(Nc1ccccc1Br)[C@H](Cc1ccccc1)NS(=O)(=O)c1cc(Cl)ccc1Cl. The zero-order chi connectivity index (χ0) is 21.7. The predicted octanol–water partition coefficient (Wildman–Crippen LogP) is 5.28. The van der Waals surface area contributed by atoms with Crippen molar-refractivity contribution in [2.75, 3.05) is 5.32 Å². The molecule has 3 aromatic rings. The van der Waals surface area contributed by atoms with E-state index in [1.54, 1.807) is 18.2 Å². The Morgan fingerprint density at radius 1 is 0.967 bits per heavy atom. The van der Waals surface area contributed by atoms with E-state index in [-0.39, 0.29) is 21.4 Å². The maximum Gasteiger partial charge on any atom is 0.242 e. The smallest absolute Gasteiger partial charge is 0.242 e. The Morgan fingerprint density at radius 3 is 2.33 bits per heavy atom. The van der Waals surface area contributed by atoms with Crippen molar-refractivity contribution in [1.82, 2.24) is 4.72 Å². The first-order chi connectivity index (χ1) is 14.3. The van der Waals surface area contributed by atoms with E-state index < -0.39 is 22.0 Å². The van der Waals surface area contributed by atoms with Crippen molar-refractivity contribution in [1.29, 1.82) is 0 Å². The van der Waals surface area contributed by atoms with Crippen molar-refractivity contribution in [2.24, 2.45) is 0 Å². The lowest BCUT2D eigenvalue weighted by Gasteiger charge is -2.20. The lowest BCUT2D eigenvalue weighted by molar-refractivity contribution is -0.117. The summed E-state index contributed by atoms with van der Waals surface area (Å²) in [5.41, 5.74) is 1.32. The maximum atomic E-state index is 13.0. The number of benzene rings is 3. The van der Waals surface area contributed by atoms with Crippen molar-refractivity contribution >= 4 is 60.7 Å². The van der Waals surface area contributed by atoms with Gasteiger partial charge in [-0.1, -0.05) is 65.7 Å². The van der Waals surface area contributed by atoms with Gasteiger partial charge in [-0.25, -0.2) is 8.42 Å². The molecule has 0 radical (unpaired) electrons. The van der Waals surface area contributed by atoms with Crippen LogP contribution in [0.1, 0.15) is 5.56 Å². The van der Waals surface area contributed by atoms with Crippen LogP contribution in [0.15, 0.2) is 82.2 Å². The molecule has 2 N–H and O–H groups in total. The van der Waals surface area contributed by atoms with Crippen LogP contribution in [-0.4, -0.2) is 20.4 Å². The summed E-state index contributed by atoms with van der Waals surface area (Å²) in [4.78, 5) is 12.8. The highest BCUT2D eigenvalue weighted by atomic mass is 79.9. The van der Waals surface area contributed by atoms with Crippen LogP contribution in [0.25, 0.3) is 0 Å². The number of halogens is 3. The highest BCUT2D eigenvalue weighted by Gasteiger charge is 2.28. The summed E-state index contributed by atoms with van der Waals surface area (Å²) >= 11 is 15.4. The molecule has 0 aliphatic rings. The van der Waals surface area contributed by atoms with Gasteiger partial charge in [0.2, 0.25) is 15.9 Å². The van der Waals surface area contributed by atoms with Crippen molar-refractivity contribution in [3.05, 3.63) is 92.9 Å². The number of para-hydroxylation sites is 1. The minimum Gasteiger partial charge on any atom is -0.324 e. The van der Waals surface area contributed by atoms with Gasteiger partial charge in [0.05, 0.1) is 10.7 Å². The van der Waals surface area contributed by atoms with Gasteiger partial charge < -0.3 is 5.32 Å². The molecule has 0 bridgehead atoms. The molecular formula is C21H17BrCl2N2O3S. The Labute approximate surface area is 193 Å². The molecule has 156 valence electrons. The molecule has 3 aromatic carbocycles. The van der Waals surface area contributed by atoms with Gasteiger partial charge in [0.15, 0.2) is 0 Å². The molecule has 0 spiro atoms. The average Bonchev–Trinajstić information content (AvgIpc) is 2.71. The Hall–Kier alpha value is -1.90. The average molecular weight is 528 g/mol. The Morgan fingerprint density at radius 2 is 1.63 bits per heavy atom. The number of hydrogen-bond acceptors (Lipinski definition) is 3. The molecule has 3 rings (SSSR count). The number of nitrogens with one attached hydrogen (secondary N) is 2. The molecule has 0 aliphatic carbocycles. The second-order valence-corrected chi connectivity index (χ2v) is 9.79. The highest BCUT2D eigenvalue weighted by Crippen LogP contribution is 2.26. The first-order valence-corrected chi connectivity index (χ1v) is 11.9. The van der Waals surface area contributed by atoms with Gasteiger partial charge in [0, 0.05) is 9.50 Å². The highest BCUT2D eigenvalue weighted by molar-refractivity contribution is 9.10. The normalized spacial score (nSPS) is 12.4. The minimum atomic E-state index is -4.12. The molecule has 9 heteroatoms. The van der Waals surface area contributed by atoms with Crippen LogP contribution in [0, 0.1) is 0 Å². The van der Waals surface area contributed by atoms with Crippen LogP contribution >= 0.6 is 39.1 Å². The number of sulfonamides is 1. The van der Waals surface area contributed by atoms with Gasteiger partial charge in [0.25, 0.3) is 0 Å². The fourth-order valence-corrected chi connectivity index (χ4v) is 5.10. The largest absolute Gasteiger partial charge is 0.324 e. The van der Waals surface area contributed by atoms with Gasteiger partial charge in [-0.2, -0.15) is 4.72 Å². The lowest BCUT2D eigenvalue weighted by atomic mass is 10.1. The van der Waals surface area contributed by atoms with E-state index in [1.807, 2.05) is 36.4 Å². The van der Waals surface area contributed by atoms with Crippen LogP contribution in [-0.2, 0) is 21.2 Å². The number of anilines is 1. The van der Waals surface area contributed by atoms with Crippen LogP contribution in [0.3, 0.4) is 0 Å². The number of carbonyl (C=O) groups is 1. The topological polar surface area (TPSA) is 75.3 Å². The van der Waals surface area contributed by atoms with Gasteiger partial charge in [-0.15, -0.1) is 0 Å². The van der Waals surface area contributed by atoms with E-state index in [0.29, 0.717) is 10.2 Å². The zero-order valence-electron chi connectivity index (χ0n) is 15.5. The zero-order valence-corrected chi connectivity index (χ0v) is 19.4. The second-order valence-electron chi connectivity index (χ2n) is 6.41. The quantitative estimate of drug-likeness (QED) is 0.438. The number of amides is 1.